The van der Waals surface area contributed by atoms with E-state index in [4.69, 9.17) is 4.74 Å². The van der Waals surface area contributed by atoms with Crippen LogP contribution in [0.1, 0.15) is 47.7 Å². The van der Waals surface area contributed by atoms with Gasteiger partial charge in [-0.25, -0.2) is 4.79 Å². The van der Waals surface area contributed by atoms with Gasteiger partial charge in [0, 0.05) is 5.69 Å². The fourth-order valence-electron chi connectivity index (χ4n) is 2.95. The molecule has 0 fully saturated rings. The minimum Gasteiger partial charge on any atom is -0.465 e. The van der Waals surface area contributed by atoms with Gasteiger partial charge in [0.05, 0.1) is 18.6 Å². The molecule has 0 spiro atoms. The summed E-state index contributed by atoms with van der Waals surface area (Å²) in [6.45, 7) is 5.97. The molecule has 132 valence electrons. The quantitative estimate of drug-likeness (QED) is 0.786. The predicted octanol–water partition coefficient (Wildman–Crippen LogP) is 4.55. The molecule has 1 N–H and O–H groups in total. The van der Waals surface area contributed by atoms with Gasteiger partial charge < -0.3 is 10.1 Å². The maximum absolute atomic E-state index is 13.0. The van der Waals surface area contributed by atoms with Gasteiger partial charge in [0.25, 0.3) is 0 Å². The van der Waals surface area contributed by atoms with E-state index < -0.39 is 5.97 Å². The molecule has 2 rings (SSSR count). The van der Waals surface area contributed by atoms with Crippen molar-refractivity contribution in [3.8, 4) is 0 Å². The van der Waals surface area contributed by atoms with Crippen LogP contribution in [-0.2, 0) is 9.53 Å². The van der Waals surface area contributed by atoms with E-state index in [1.54, 1.807) is 18.2 Å². The molecule has 1 amide bonds. The van der Waals surface area contributed by atoms with Crippen LogP contribution in [0.4, 0.5) is 5.69 Å². The summed E-state index contributed by atoms with van der Waals surface area (Å²) < 4.78 is 4.80. The highest BCUT2D eigenvalue weighted by molar-refractivity contribution is 5.99. The fourth-order valence-corrected chi connectivity index (χ4v) is 2.95. The summed E-state index contributed by atoms with van der Waals surface area (Å²) in [7, 11) is 1.35. The number of esters is 1. The summed E-state index contributed by atoms with van der Waals surface area (Å²) in [6, 6.07) is 15.0. The molecule has 0 radical (unpaired) electrons. The third-order valence-electron chi connectivity index (χ3n) is 4.65. The average molecular weight is 339 g/mol. The van der Waals surface area contributed by atoms with Gasteiger partial charge in [-0.2, -0.15) is 0 Å². The molecule has 2 aromatic rings. The molecule has 0 heterocycles. The van der Waals surface area contributed by atoms with Gasteiger partial charge in [0.15, 0.2) is 0 Å². The lowest BCUT2D eigenvalue weighted by atomic mass is 9.84. The van der Waals surface area contributed by atoms with Gasteiger partial charge in [-0.15, -0.1) is 0 Å². The standard InChI is InChI=1S/C21H25NO3/c1-5-14(2)19(16-10-7-6-8-11-16)20(23)22-18-13-9-12-17(15(18)3)21(24)25-4/h6-14,19H,5H2,1-4H3,(H,22,23). The van der Waals surface area contributed by atoms with Gasteiger partial charge in [-0.3, -0.25) is 4.79 Å². The Balaban J connectivity index is 2.32. The maximum atomic E-state index is 13.0. The molecule has 2 unspecified atom stereocenters. The van der Waals surface area contributed by atoms with Gasteiger partial charge in [-0.05, 0) is 36.1 Å². The molecule has 2 aromatic carbocycles. The molecule has 2 atom stereocenters. The van der Waals surface area contributed by atoms with Crippen LogP contribution in [0.2, 0.25) is 0 Å². The topological polar surface area (TPSA) is 55.4 Å². The molecule has 4 nitrogen and oxygen atoms in total. The van der Waals surface area contributed by atoms with E-state index in [1.807, 2.05) is 37.3 Å². The van der Waals surface area contributed by atoms with Crippen molar-refractivity contribution in [2.45, 2.75) is 33.1 Å². The summed E-state index contributed by atoms with van der Waals surface area (Å²) in [4.78, 5) is 24.8. The van der Waals surface area contributed by atoms with E-state index in [1.165, 1.54) is 7.11 Å². The third kappa shape index (κ3) is 4.27. The third-order valence-corrected chi connectivity index (χ3v) is 4.65. The average Bonchev–Trinajstić information content (AvgIpc) is 2.63. The molecule has 0 aliphatic rings. The molecular formula is C21H25NO3. The van der Waals surface area contributed by atoms with Crippen molar-refractivity contribution in [2.24, 2.45) is 5.92 Å². The number of benzene rings is 2. The predicted molar refractivity (Wildman–Crippen MR) is 99.8 cm³/mol. The number of carbonyl (C=O) groups excluding carboxylic acids is 2. The SMILES string of the molecule is CCC(C)C(C(=O)Nc1cccc(C(=O)OC)c1C)c1ccccc1. The smallest absolute Gasteiger partial charge is 0.338 e. The Labute approximate surface area is 149 Å². The Hall–Kier alpha value is -2.62. The Morgan fingerprint density at radius 3 is 2.36 bits per heavy atom. The lowest BCUT2D eigenvalue weighted by Gasteiger charge is -2.23. The molecule has 0 aromatic heterocycles. The molecular weight excluding hydrogens is 314 g/mol. The molecule has 4 heteroatoms. The second-order valence-corrected chi connectivity index (χ2v) is 6.23. The number of rotatable bonds is 6. The van der Waals surface area contributed by atoms with Crippen LogP contribution < -0.4 is 5.32 Å². The zero-order valence-corrected chi connectivity index (χ0v) is 15.2. The van der Waals surface area contributed by atoms with Crippen LogP contribution in [0.3, 0.4) is 0 Å². The highest BCUT2D eigenvalue weighted by Gasteiger charge is 2.26. The summed E-state index contributed by atoms with van der Waals surface area (Å²) in [5.41, 5.74) is 2.80. The van der Waals surface area contributed by atoms with Gasteiger partial charge in [0.2, 0.25) is 5.91 Å². The van der Waals surface area contributed by atoms with Crippen molar-refractivity contribution in [1.82, 2.24) is 0 Å². The van der Waals surface area contributed by atoms with Crippen LogP contribution >= 0.6 is 0 Å². The Bertz CT molecular complexity index is 740. The molecule has 0 aliphatic heterocycles. The van der Waals surface area contributed by atoms with E-state index in [2.05, 4.69) is 19.2 Å². The zero-order valence-electron chi connectivity index (χ0n) is 15.2. The van der Waals surface area contributed by atoms with Crippen LogP contribution in [0.15, 0.2) is 48.5 Å². The number of hydrogen-bond donors (Lipinski definition) is 1. The molecule has 0 bridgehead atoms. The van der Waals surface area contributed by atoms with Crippen molar-refractivity contribution >= 4 is 17.6 Å². The summed E-state index contributed by atoms with van der Waals surface area (Å²) >= 11 is 0. The monoisotopic (exact) mass is 339 g/mol. The normalized spacial score (nSPS) is 13.0. The number of methoxy groups -OCH3 is 1. The van der Waals surface area contributed by atoms with Crippen LogP contribution in [-0.4, -0.2) is 19.0 Å². The van der Waals surface area contributed by atoms with Crippen LogP contribution in [0.5, 0.6) is 0 Å². The molecule has 25 heavy (non-hydrogen) atoms. The highest BCUT2D eigenvalue weighted by Crippen LogP contribution is 2.29. The largest absolute Gasteiger partial charge is 0.465 e. The maximum Gasteiger partial charge on any atom is 0.338 e. The second kappa shape index (κ2) is 8.47. The van der Waals surface area contributed by atoms with Crippen molar-refractivity contribution < 1.29 is 14.3 Å². The number of ether oxygens (including phenoxy) is 1. The zero-order chi connectivity index (χ0) is 18.4. The van der Waals surface area contributed by atoms with Crippen molar-refractivity contribution in [3.63, 3.8) is 0 Å². The number of amides is 1. The lowest BCUT2D eigenvalue weighted by molar-refractivity contribution is -0.118. The van der Waals surface area contributed by atoms with Crippen molar-refractivity contribution in [3.05, 3.63) is 65.2 Å². The van der Waals surface area contributed by atoms with Crippen molar-refractivity contribution in [2.75, 3.05) is 12.4 Å². The van der Waals surface area contributed by atoms with Gasteiger partial charge >= 0.3 is 5.97 Å². The Morgan fingerprint density at radius 1 is 1.08 bits per heavy atom. The molecule has 0 saturated heterocycles. The van der Waals surface area contributed by atoms with Crippen LogP contribution in [0.25, 0.3) is 0 Å². The summed E-state index contributed by atoms with van der Waals surface area (Å²) in [6.07, 6.45) is 0.897. The first-order valence-corrected chi connectivity index (χ1v) is 8.53. The lowest BCUT2D eigenvalue weighted by Crippen LogP contribution is -2.26. The second-order valence-electron chi connectivity index (χ2n) is 6.23. The van der Waals surface area contributed by atoms with E-state index in [0.717, 1.165) is 12.0 Å². The number of nitrogens with one attached hydrogen (secondary N) is 1. The molecule has 0 aliphatic carbocycles. The summed E-state index contributed by atoms with van der Waals surface area (Å²) in [5.74, 6) is -0.514. The Morgan fingerprint density at radius 2 is 1.76 bits per heavy atom. The number of carbonyl (C=O) groups is 2. The highest BCUT2D eigenvalue weighted by atomic mass is 16.5. The number of anilines is 1. The van der Waals surface area contributed by atoms with E-state index in [-0.39, 0.29) is 17.7 Å². The first kappa shape index (κ1) is 18.7. The van der Waals surface area contributed by atoms with E-state index in [0.29, 0.717) is 16.8 Å². The van der Waals surface area contributed by atoms with E-state index >= 15 is 0 Å². The van der Waals surface area contributed by atoms with Crippen LogP contribution in [0, 0.1) is 12.8 Å². The first-order chi connectivity index (χ1) is 12.0. The Kier molecular flexibility index (Phi) is 6.34. The molecule has 0 saturated carbocycles. The van der Waals surface area contributed by atoms with Gasteiger partial charge in [0.1, 0.15) is 0 Å². The fraction of sp³-hybridized carbons (Fsp3) is 0.333. The minimum atomic E-state index is -0.407. The van der Waals surface area contributed by atoms with Crippen molar-refractivity contribution in [1.29, 1.82) is 0 Å². The first-order valence-electron chi connectivity index (χ1n) is 8.53. The number of hydrogen-bond acceptors (Lipinski definition) is 3. The minimum absolute atomic E-state index is 0.0642. The summed E-state index contributed by atoms with van der Waals surface area (Å²) in [5, 5.41) is 3.00. The van der Waals surface area contributed by atoms with E-state index in [9.17, 15) is 9.59 Å². The van der Waals surface area contributed by atoms with Gasteiger partial charge in [-0.1, -0.05) is 56.7 Å².